The SMILES string of the molecule is COc1ccc(N2C[C@H](NC(=O)C3CCCC3)CC2=O)cc1. The van der Waals surface area contributed by atoms with Gasteiger partial charge >= 0.3 is 0 Å². The van der Waals surface area contributed by atoms with E-state index in [1.165, 1.54) is 0 Å². The van der Waals surface area contributed by atoms with Crippen molar-refractivity contribution >= 4 is 17.5 Å². The van der Waals surface area contributed by atoms with Crippen LogP contribution in [-0.2, 0) is 9.59 Å². The highest BCUT2D eigenvalue weighted by Gasteiger charge is 2.33. The second kappa shape index (κ2) is 6.38. The van der Waals surface area contributed by atoms with Gasteiger partial charge in [-0.1, -0.05) is 12.8 Å². The molecule has 1 aromatic rings. The van der Waals surface area contributed by atoms with E-state index in [9.17, 15) is 9.59 Å². The van der Waals surface area contributed by atoms with E-state index in [2.05, 4.69) is 5.32 Å². The van der Waals surface area contributed by atoms with Gasteiger partial charge in [0, 0.05) is 24.6 Å². The van der Waals surface area contributed by atoms with Crippen LogP contribution in [0.1, 0.15) is 32.1 Å². The van der Waals surface area contributed by atoms with Gasteiger partial charge in [0.05, 0.1) is 13.2 Å². The molecule has 0 spiro atoms. The summed E-state index contributed by atoms with van der Waals surface area (Å²) in [6, 6.07) is 7.35. The fourth-order valence-electron chi connectivity index (χ4n) is 3.32. The molecule has 1 atom stereocenters. The van der Waals surface area contributed by atoms with E-state index in [-0.39, 0.29) is 23.8 Å². The van der Waals surface area contributed by atoms with Crippen molar-refractivity contribution in [3.8, 4) is 5.75 Å². The molecule has 5 heteroatoms. The average molecular weight is 302 g/mol. The van der Waals surface area contributed by atoms with Crippen molar-refractivity contribution in [2.75, 3.05) is 18.6 Å². The van der Waals surface area contributed by atoms with Gasteiger partial charge in [-0.3, -0.25) is 9.59 Å². The van der Waals surface area contributed by atoms with Crippen molar-refractivity contribution in [2.45, 2.75) is 38.1 Å². The maximum atomic E-state index is 12.2. The van der Waals surface area contributed by atoms with E-state index in [0.29, 0.717) is 13.0 Å². The molecule has 1 N–H and O–H groups in total. The van der Waals surface area contributed by atoms with Gasteiger partial charge in [0.2, 0.25) is 11.8 Å². The lowest BCUT2D eigenvalue weighted by molar-refractivity contribution is -0.125. The molecule has 1 aliphatic heterocycles. The first-order valence-corrected chi connectivity index (χ1v) is 7.92. The fraction of sp³-hybridized carbons (Fsp3) is 0.529. The summed E-state index contributed by atoms with van der Waals surface area (Å²) >= 11 is 0. The third-order valence-corrected chi connectivity index (χ3v) is 4.58. The second-order valence-electron chi connectivity index (χ2n) is 6.09. The normalized spacial score (nSPS) is 22.1. The van der Waals surface area contributed by atoms with Crippen LogP contribution in [0.3, 0.4) is 0 Å². The smallest absolute Gasteiger partial charge is 0.229 e. The van der Waals surface area contributed by atoms with Gasteiger partial charge in [0.1, 0.15) is 5.75 Å². The van der Waals surface area contributed by atoms with Crippen molar-refractivity contribution < 1.29 is 14.3 Å². The number of nitrogens with zero attached hydrogens (tertiary/aromatic N) is 1. The molecule has 1 heterocycles. The first-order chi connectivity index (χ1) is 10.7. The van der Waals surface area contributed by atoms with Gasteiger partial charge in [0.25, 0.3) is 0 Å². The Morgan fingerprint density at radius 1 is 1.23 bits per heavy atom. The van der Waals surface area contributed by atoms with Crippen LogP contribution in [0.15, 0.2) is 24.3 Å². The lowest BCUT2D eigenvalue weighted by Gasteiger charge is -2.18. The Balaban J connectivity index is 1.61. The molecule has 1 saturated carbocycles. The molecule has 0 radical (unpaired) electrons. The number of carbonyl (C=O) groups is 2. The summed E-state index contributed by atoms with van der Waals surface area (Å²) in [6.07, 6.45) is 4.62. The molecule has 5 nitrogen and oxygen atoms in total. The fourth-order valence-corrected chi connectivity index (χ4v) is 3.32. The molecule has 0 bridgehead atoms. The molecule has 22 heavy (non-hydrogen) atoms. The first kappa shape index (κ1) is 14.9. The Labute approximate surface area is 130 Å². The second-order valence-corrected chi connectivity index (χ2v) is 6.09. The van der Waals surface area contributed by atoms with Crippen LogP contribution in [0.25, 0.3) is 0 Å². The zero-order valence-electron chi connectivity index (χ0n) is 12.9. The monoisotopic (exact) mass is 302 g/mol. The number of methoxy groups -OCH3 is 1. The van der Waals surface area contributed by atoms with Gasteiger partial charge in [-0.05, 0) is 37.1 Å². The molecule has 2 fully saturated rings. The number of anilines is 1. The zero-order valence-corrected chi connectivity index (χ0v) is 12.9. The topological polar surface area (TPSA) is 58.6 Å². The molecular weight excluding hydrogens is 280 g/mol. The number of nitrogens with one attached hydrogen (secondary N) is 1. The molecule has 2 aliphatic rings. The molecule has 1 saturated heterocycles. The summed E-state index contributed by atoms with van der Waals surface area (Å²) < 4.78 is 5.13. The molecule has 1 aromatic carbocycles. The average Bonchev–Trinajstić information content (AvgIpc) is 3.17. The molecule has 118 valence electrons. The van der Waals surface area contributed by atoms with Crippen molar-refractivity contribution in [3.63, 3.8) is 0 Å². The van der Waals surface area contributed by atoms with Gasteiger partial charge in [-0.15, -0.1) is 0 Å². The van der Waals surface area contributed by atoms with Gasteiger partial charge in [0.15, 0.2) is 0 Å². The Morgan fingerprint density at radius 2 is 1.91 bits per heavy atom. The van der Waals surface area contributed by atoms with Crippen LogP contribution < -0.4 is 15.0 Å². The summed E-state index contributed by atoms with van der Waals surface area (Å²) in [4.78, 5) is 26.1. The number of hydrogen-bond acceptors (Lipinski definition) is 3. The molecular formula is C17H22N2O3. The minimum Gasteiger partial charge on any atom is -0.497 e. The van der Waals surface area contributed by atoms with E-state index >= 15 is 0 Å². The van der Waals surface area contributed by atoms with Crippen LogP contribution in [-0.4, -0.2) is 31.5 Å². The van der Waals surface area contributed by atoms with Crippen molar-refractivity contribution in [3.05, 3.63) is 24.3 Å². The minimum atomic E-state index is -0.0808. The van der Waals surface area contributed by atoms with E-state index < -0.39 is 0 Å². The van der Waals surface area contributed by atoms with Crippen LogP contribution in [0.4, 0.5) is 5.69 Å². The lowest BCUT2D eigenvalue weighted by Crippen LogP contribution is -2.40. The van der Waals surface area contributed by atoms with E-state index in [1.807, 2.05) is 24.3 Å². The molecule has 0 aromatic heterocycles. The predicted molar refractivity (Wildman–Crippen MR) is 83.9 cm³/mol. The maximum Gasteiger partial charge on any atom is 0.229 e. The Bertz CT molecular complexity index is 550. The number of benzene rings is 1. The number of amides is 2. The number of hydrogen-bond donors (Lipinski definition) is 1. The van der Waals surface area contributed by atoms with Gasteiger partial charge in [-0.25, -0.2) is 0 Å². The molecule has 0 unspecified atom stereocenters. The van der Waals surface area contributed by atoms with Gasteiger partial charge in [-0.2, -0.15) is 0 Å². The highest BCUT2D eigenvalue weighted by molar-refractivity contribution is 5.97. The number of ether oxygens (including phenoxy) is 1. The molecule has 3 rings (SSSR count). The largest absolute Gasteiger partial charge is 0.497 e. The van der Waals surface area contributed by atoms with E-state index in [4.69, 9.17) is 4.74 Å². The van der Waals surface area contributed by atoms with Crippen LogP contribution in [0, 0.1) is 5.92 Å². The summed E-state index contributed by atoms with van der Waals surface area (Å²) in [7, 11) is 1.62. The Hall–Kier alpha value is -2.04. The maximum absolute atomic E-state index is 12.2. The first-order valence-electron chi connectivity index (χ1n) is 7.92. The van der Waals surface area contributed by atoms with E-state index in [1.54, 1.807) is 12.0 Å². The lowest BCUT2D eigenvalue weighted by atomic mass is 10.1. The Kier molecular flexibility index (Phi) is 4.32. The predicted octanol–water partition coefficient (Wildman–Crippen LogP) is 2.11. The summed E-state index contributed by atoms with van der Waals surface area (Å²) in [5, 5.41) is 3.05. The highest BCUT2D eigenvalue weighted by Crippen LogP contribution is 2.27. The third-order valence-electron chi connectivity index (χ3n) is 4.58. The summed E-state index contributed by atoms with van der Waals surface area (Å²) in [5.74, 6) is 1.08. The molecule has 2 amide bonds. The third kappa shape index (κ3) is 3.08. The van der Waals surface area contributed by atoms with Crippen molar-refractivity contribution in [2.24, 2.45) is 5.92 Å². The van der Waals surface area contributed by atoms with Crippen molar-refractivity contribution in [1.82, 2.24) is 5.32 Å². The summed E-state index contributed by atoms with van der Waals surface area (Å²) in [5.41, 5.74) is 0.850. The van der Waals surface area contributed by atoms with Crippen molar-refractivity contribution in [1.29, 1.82) is 0 Å². The van der Waals surface area contributed by atoms with Crippen LogP contribution in [0.5, 0.6) is 5.75 Å². The Morgan fingerprint density at radius 3 is 2.55 bits per heavy atom. The number of rotatable bonds is 4. The standard InChI is InChI=1S/C17H22N2O3/c1-22-15-8-6-14(7-9-15)19-11-13(10-16(19)20)18-17(21)12-4-2-3-5-12/h6-9,12-13H,2-5,10-11H2,1H3,(H,18,21)/t13-/m1/s1. The van der Waals surface area contributed by atoms with Crippen LogP contribution in [0.2, 0.25) is 0 Å². The quantitative estimate of drug-likeness (QED) is 0.926. The number of carbonyl (C=O) groups excluding carboxylic acids is 2. The van der Waals surface area contributed by atoms with Crippen LogP contribution >= 0.6 is 0 Å². The molecule has 1 aliphatic carbocycles. The van der Waals surface area contributed by atoms with E-state index in [0.717, 1.165) is 37.1 Å². The minimum absolute atomic E-state index is 0.0573. The van der Waals surface area contributed by atoms with Gasteiger partial charge < -0.3 is 15.0 Å². The zero-order chi connectivity index (χ0) is 15.5. The highest BCUT2D eigenvalue weighted by atomic mass is 16.5. The summed E-state index contributed by atoms with van der Waals surface area (Å²) in [6.45, 7) is 0.545.